The van der Waals surface area contributed by atoms with Crippen LogP contribution in [0.5, 0.6) is 0 Å². The molecular weight excluding hydrogens is 410 g/mol. The number of ether oxygens (including phenoxy) is 1. The van der Waals surface area contributed by atoms with Gasteiger partial charge in [0.15, 0.2) is 0 Å². The van der Waals surface area contributed by atoms with E-state index in [0.29, 0.717) is 5.56 Å². The molecule has 1 aliphatic rings. The van der Waals surface area contributed by atoms with Crippen LogP contribution in [-0.2, 0) is 15.4 Å². The average Bonchev–Trinajstić information content (AvgIpc) is 3.00. The van der Waals surface area contributed by atoms with Crippen LogP contribution in [0.25, 0.3) is 0 Å². The highest BCUT2D eigenvalue weighted by molar-refractivity contribution is 6.34. The highest BCUT2D eigenvalue weighted by Crippen LogP contribution is 2.48. The molecule has 3 rings (SSSR count). The number of carboxylic acid groups (broad SMARTS) is 1. The first-order chi connectivity index (χ1) is 12.5. The maximum absolute atomic E-state index is 13.8. The molecule has 0 spiro atoms. The lowest BCUT2D eigenvalue weighted by atomic mass is 10.0. The van der Waals surface area contributed by atoms with Crippen LogP contribution < -0.4 is 0 Å². The molecule has 27 heavy (non-hydrogen) atoms. The SMILES string of the molecule is Cc1cc(C2=NOC(c3cc(Cl)cc(Cl)c3)(C(F)(F)F)O2)ccc1C(=O)O. The second-order valence-corrected chi connectivity index (χ2v) is 6.57. The number of aromatic carboxylic acids is 1. The monoisotopic (exact) mass is 419 g/mol. The summed E-state index contributed by atoms with van der Waals surface area (Å²) in [5.74, 6) is -4.85. The number of nitrogens with zero attached hydrogens (tertiary/aromatic N) is 1. The number of rotatable bonds is 3. The Morgan fingerprint density at radius 3 is 2.30 bits per heavy atom. The first-order valence-corrected chi connectivity index (χ1v) is 8.12. The van der Waals surface area contributed by atoms with Gasteiger partial charge in [-0.2, -0.15) is 13.2 Å². The average molecular weight is 420 g/mol. The van der Waals surface area contributed by atoms with Crippen LogP contribution in [0.2, 0.25) is 10.0 Å². The summed E-state index contributed by atoms with van der Waals surface area (Å²) in [6, 6.07) is 7.14. The number of aryl methyl sites for hydroxylation is 1. The molecule has 0 saturated heterocycles. The third-order valence-corrected chi connectivity index (χ3v) is 4.25. The largest absolute Gasteiger partial charge is 0.478 e. The number of benzene rings is 2. The third-order valence-electron chi connectivity index (χ3n) is 3.82. The van der Waals surface area contributed by atoms with Gasteiger partial charge < -0.3 is 14.7 Å². The number of carbonyl (C=O) groups is 1. The van der Waals surface area contributed by atoms with Crippen molar-refractivity contribution in [1.29, 1.82) is 0 Å². The lowest BCUT2D eigenvalue weighted by Crippen LogP contribution is -2.44. The summed E-state index contributed by atoms with van der Waals surface area (Å²) in [4.78, 5) is 15.8. The Labute approximate surface area is 160 Å². The molecule has 1 N–H and O–H groups in total. The second-order valence-electron chi connectivity index (χ2n) is 5.70. The Hall–Kier alpha value is -2.45. The fourth-order valence-electron chi connectivity index (χ4n) is 2.56. The Balaban J connectivity index is 2.02. The van der Waals surface area contributed by atoms with Gasteiger partial charge in [-0.15, -0.1) is 0 Å². The quantitative estimate of drug-likeness (QED) is 0.748. The van der Waals surface area contributed by atoms with Crippen LogP contribution in [0, 0.1) is 6.92 Å². The lowest BCUT2D eigenvalue weighted by Gasteiger charge is -2.28. The second kappa shape index (κ2) is 6.61. The Morgan fingerprint density at radius 2 is 1.78 bits per heavy atom. The van der Waals surface area contributed by atoms with Gasteiger partial charge in [-0.3, -0.25) is 0 Å². The van der Waals surface area contributed by atoms with Crippen molar-refractivity contribution in [3.63, 3.8) is 0 Å². The molecular formula is C17H10Cl2F3NO4. The number of carboxylic acids is 1. The van der Waals surface area contributed by atoms with Crippen molar-refractivity contribution in [2.75, 3.05) is 0 Å². The molecule has 0 aromatic heterocycles. The van der Waals surface area contributed by atoms with Crippen molar-refractivity contribution >= 4 is 35.1 Å². The third kappa shape index (κ3) is 3.42. The van der Waals surface area contributed by atoms with Crippen molar-refractivity contribution in [3.8, 4) is 0 Å². The van der Waals surface area contributed by atoms with E-state index in [2.05, 4.69) is 5.16 Å². The van der Waals surface area contributed by atoms with Crippen LogP contribution in [0.15, 0.2) is 41.6 Å². The van der Waals surface area contributed by atoms with Gasteiger partial charge in [0.25, 0.3) is 5.90 Å². The van der Waals surface area contributed by atoms with E-state index in [1.165, 1.54) is 31.2 Å². The van der Waals surface area contributed by atoms with E-state index in [1.807, 2.05) is 0 Å². The van der Waals surface area contributed by atoms with E-state index in [-0.39, 0.29) is 21.2 Å². The number of alkyl halides is 3. The van der Waals surface area contributed by atoms with Gasteiger partial charge in [0.2, 0.25) is 0 Å². The first kappa shape index (κ1) is 19.3. The van der Waals surface area contributed by atoms with Crippen LogP contribution in [-0.4, -0.2) is 23.1 Å². The van der Waals surface area contributed by atoms with Crippen molar-refractivity contribution in [2.45, 2.75) is 18.9 Å². The zero-order valence-electron chi connectivity index (χ0n) is 13.5. The van der Waals surface area contributed by atoms with Gasteiger partial charge in [0, 0.05) is 15.6 Å². The molecule has 1 aliphatic heterocycles. The van der Waals surface area contributed by atoms with Crippen molar-refractivity contribution in [1.82, 2.24) is 0 Å². The zero-order valence-corrected chi connectivity index (χ0v) is 15.0. The normalized spacial score (nSPS) is 19.3. The Bertz CT molecular complexity index is 941. The van der Waals surface area contributed by atoms with Gasteiger partial charge in [0.05, 0.1) is 11.1 Å². The minimum atomic E-state index is -5.01. The predicted octanol–water partition coefficient (Wildman–Crippen LogP) is 5.12. The van der Waals surface area contributed by atoms with Gasteiger partial charge >= 0.3 is 17.9 Å². The summed E-state index contributed by atoms with van der Waals surface area (Å²) in [5, 5.41) is 12.4. The van der Waals surface area contributed by atoms with E-state index in [4.69, 9.17) is 37.9 Å². The number of halogens is 5. The zero-order chi connectivity index (χ0) is 20.0. The van der Waals surface area contributed by atoms with Gasteiger partial charge in [-0.25, -0.2) is 4.79 Å². The molecule has 0 aliphatic carbocycles. The summed E-state index contributed by atoms with van der Waals surface area (Å²) in [5.41, 5.74) is -0.0366. The topological polar surface area (TPSA) is 68.1 Å². The molecule has 1 unspecified atom stereocenters. The van der Waals surface area contributed by atoms with E-state index >= 15 is 0 Å². The van der Waals surface area contributed by atoms with Crippen LogP contribution in [0.3, 0.4) is 0 Å². The molecule has 1 atom stereocenters. The maximum Gasteiger partial charge on any atom is 0.475 e. The lowest BCUT2D eigenvalue weighted by molar-refractivity contribution is -0.352. The summed E-state index contributed by atoms with van der Waals surface area (Å²) in [6.45, 7) is 1.50. The molecule has 1 heterocycles. The number of hydrogen-bond donors (Lipinski definition) is 1. The van der Waals surface area contributed by atoms with E-state index in [9.17, 15) is 18.0 Å². The van der Waals surface area contributed by atoms with Crippen molar-refractivity contribution < 1.29 is 32.6 Å². The molecule has 2 aromatic carbocycles. The minimum absolute atomic E-state index is 0.00183. The van der Waals surface area contributed by atoms with Crippen molar-refractivity contribution in [2.24, 2.45) is 5.16 Å². The molecule has 0 amide bonds. The molecule has 0 fully saturated rings. The molecule has 142 valence electrons. The smallest absolute Gasteiger partial charge is 0.475 e. The summed E-state index contributed by atoms with van der Waals surface area (Å²) in [6.07, 6.45) is -5.01. The van der Waals surface area contributed by atoms with Crippen LogP contribution in [0.4, 0.5) is 13.2 Å². The highest BCUT2D eigenvalue weighted by atomic mass is 35.5. The van der Waals surface area contributed by atoms with Crippen LogP contribution in [0.1, 0.15) is 27.0 Å². The maximum atomic E-state index is 13.8. The summed E-state index contributed by atoms with van der Waals surface area (Å²) in [7, 11) is 0. The van der Waals surface area contributed by atoms with Crippen LogP contribution >= 0.6 is 23.2 Å². The molecule has 10 heteroatoms. The first-order valence-electron chi connectivity index (χ1n) is 7.36. The molecule has 0 radical (unpaired) electrons. The van der Waals surface area contributed by atoms with Gasteiger partial charge in [-0.1, -0.05) is 23.2 Å². The standard InChI is InChI=1S/C17H10Cl2F3NO4/c1-8-4-9(2-3-13(8)15(24)25)14-23-27-16(26-14,17(20,21)22)10-5-11(18)7-12(19)6-10/h2-7H,1H3,(H,24,25). The number of hydrogen-bond acceptors (Lipinski definition) is 4. The van der Waals surface area contributed by atoms with Crippen molar-refractivity contribution in [3.05, 3.63) is 68.7 Å². The van der Waals surface area contributed by atoms with E-state index in [0.717, 1.165) is 12.1 Å². The summed E-state index contributed by atoms with van der Waals surface area (Å²) < 4.78 is 46.5. The molecule has 0 saturated carbocycles. The molecule has 0 bridgehead atoms. The Morgan fingerprint density at radius 1 is 1.15 bits per heavy atom. The van der Waals surface area contributed by atoms with E-state index < -0.39 is 29.4 Å². The fraction of sp³-hybridized carbons (Fsp3) is 0.176. The fourth-order valence-corrected chi connectivity index (χ4v) is 3.08. The summed E-state index contributed by atoms with van der Waals surface area (Å²) >= 11 is 11.6. The molecule has 5 nitrogen and oxygen atoms in total. The van der Waals surface area contributed by atoms with Gasteiger partial charge in [0.1, 0.15) is 0 Å². The molecule has 2 aromatic rings. The van der Waals surface area contributed by atoms with Gasteiger partial charge in [-0.05, 0) is 54.0 Å². The highest BCUT2D eigenvalue weighted by Gasteiger charge is 2.65. The van der Waals surface area contributed by atoms with E-state index in [1.54, 1.807) is 0 Å². The number of oxime groups is 1. The minimum Gasteiger partial charge on any atom is -0.478 e. The Kier molecular flexibility index (Phi) is 4.73. The predicted molar refractivity (Wildman–Crippen MR) is 91.0 cm³/mol.